The second kappa shape index (κ2) is 5.25. The molecule has 0 radical (unpaired) electrons. The summed E-state index contributed by atoms with van der Waals surface area (Å²) in [6.07, 6.45) is 1.69. The summed E-state index contributed by atoms with van der Waals surface area (Å²) >= 11 is 0. The highest BCUT2D eigenvalue weighted by Gasteiger charge is 1.92. The molecule has 0 aliphatic heterocycles. The van der Waals surface area contributed by atoms with Gasteiger partial charge in [0.25, 0.3) is 0 Å². The smallest absolute Gasteiger partial charge is 0.119 e. The molecule has 0 heterocycles. The second-order valence-electron chi connectivity index (χ2n) is 2.66. The Hall–Kier alpha value is -1.44. The summed E-state index contributed by atoms with van der Waals surface area (Å²) in [5.74, 6) is 0.921. The van der Waals surface area contributed by atoms with Gasteiger partial charge in [-0.15, -0.1) is 0 Å². The van der Waals surface area contributed by atoms with Gasteiger partial charge in [-0.05, 0) is 30.8 Å². The van der Waals surface area contributed by atoms with Crippen molar-refractivity contribution in [2.24, 2.45) is 0 Å². The van der Waals surface area contributed by atoms with Crippen molar-refractivity contribution in [3.63, 3.8) is 0 Å². The highest BCUT2D eigenvalue weighted by atomic mass is 16.5. The summed E-state index contributed by atoms with van der Waals surface area (Å²) in [6, 6.07) is 8.04. The van der Waals surface area contributed by atoms with Gasteiger partial charge in [-0.2, -0.15) is 0 Å². The quantitative estimate of drug-likeness (QED) is 0.745. The Morgan fingerprint density at radius 2 is 2.08 bits per heavy atom. The first-order valence-corrected chi connectivity index (χ1v) is 4.43. The minimum Gasteiger partial charge on any atom is -0.494 e. The van der Waals surface area contributed by atoms with E-state index in [0.717, 1.165) is 12.3 Å². The van der Waals surface area contributed by atoms with Crippen LogP contribution in [0.25, 0.3) is 0 Å². The van der Waals surface area contributed by atoms with Gasteiger partial charge in [0.2, 0.25) is 0 Å². The molecule has 70 valence electrons. The standard InChI is InChI=1S/C11H15NO/c1-3-12-9-10-5-7-11(8-6-10)13-4-2/h3,5-8,12H,1,4,9H2,2H3. The molecule has 0 bridgehead atoms. The average molecular weight is 177 g/mol. The molecule has 0 aliphatic rings. The Kier molecular flexibility index (Phi) is 3.89. The van der Waals surface area contributed by atoms with Crippen molar-refractivity contribution >= 4 is 0 Å². The Balaban J connectivity index is 2.53. The van der Waals surface area contributed by atoms with Crippen LogP contribution in [0.5, 0.6) is 5.75 Å². The first-order chi connectivity index (χ1) is 6.36. The summed E-state index contributed by atoms with van der Waals surface area (Å²) in [6.45, 7) is 7.09. The lowest BCUT2D eigenvalue weighted by molar-refractivity contribution is 0.340. The summed E-state index contributed by atoms with van der Waals surface area (Å²) in [5.41, 5.74) is 1.23. The molecule has 2 heteroatoms. The first-order valence-electron chi connectivity index (χ1n) is 4.43. The minimum absolute atomic E-state index is 0.713. The lowest BCUT2D eigenvalue weighted by Crippen LogP contribution is -2.03. The molecule has 0 amide bonds. The zero-order valence-corrected chi connectivity index (χ0v) is 7.92. The predicted molar refractivity (Wildman–Crippen MR) is 54.6 cm³/mol. The Morgan fingerprint density at radius 3 is 2.62 bits per heavy atom. The summed E-state index contributed by atoms with van der Waals surface area (Å²) in [5, 5.41) is 3.04. The fourth-order valence-corrected chi connectivity index (χ4v) is 1.06. The molecule has 0 aliphatic carbocycles. The van der Waals surface area contributed by atoms with Crippen LogP contribution in [-0.2, 0) is 6.54 Å². The third-order valence-electron chi connectivity index (χ3n) is 1.68. The normalized spacial score (nSPS) is 9.31. The third-order valence-corrected chi connectivity index (χ3v) is 1.68. The van der Waals surface area contributed by atoms with Crippen molar-refractivity contribution in [3.8, 4) is 5.75 Å². The van der Waals surface area contributed by atoms with Gasteiger partial charge in [-0.3, -0.25) is 0 Å². The van der Waals surface area contributed by atoms with Crippen LogP contribution in [0.4, 0.5) is 0 Å². The maximum absolute atomic E-state index is 5.32. The highest BCUT2D eigenvalue weighted by Crippen LogP contribution is 2.11. The molecule has 0 atom stereocenters. The lowest BCUT2D eigenvalue weighted by atomic mass is 10.2. The molecule has 1 N–H and O–H groups in total. The number of rotatable bonds is 5. The van der Waals surface area contributed by atoms with Crippen molar-refractivity contribution in [3.05, 3.63) is 42.6 Å². The van der Waals surface area contributed by atoms with Gasteiger partial charge < -0.3 is 10.1 Å². The topological polar surface area (TPSA) is 21.3 Å². The molecule has 0 aromatic heterocycles. The highest BCUT2D eigenvalue weighted by molar-refractivity contribution is 5.27. The van der Waals surface area contributed by atoms with E-state index in [-0.39, 0.29) is 0 Å². The first kappa shape index (κ1) is 9.65. The molecule has 13 heavy (non-hydrogen) atoms. The minimum atomic E-state index is 0.713. The summed E-state index contributed by atoms with van der Waals surface area (Å²) < 4.78 is 5.32. The van der Waals surface area contributed by atoms with E-state index in [1.165, 1.54) is 5.56 Å². The van der Waals surface area contributed by atoms with Gasteiger partial charge in [-0.1, -0.05) is 18.7 Å². The second-order valence-corrected chi connectivity index (χ2v) is 2.66. The summed E-state index contributed by atoms with van der Waals surface area (Å²) in [4.78, 5) is 0. The molecule has 0 fully saturated rings. The van der Waals surface area contributed by atoms with E-state index in [4.69, 9.17) is 4.74 Å². The van der Waals surface area contributed by atoms with Crippen LogP contribution >= 0.6 is 0 Å². The van der Waals surface area contributed by atoms with Crippen molar-refractivity contribution in [1.82, 2.24) is 5.32 Å². The van der Waals surface area contributed by atoms with Crippen molar-refractivity contribution < 1.29 is 4.74 Å². The fraction of sp³-hybridized carbons (Fsp3) is 0.273. The Labute approximate surface area is 79.2 Å². The molecule has 0 saturated heterocycles. The molecule has 0 unspecified atom stereocenters. The van der Waals surface area contributed by atoms with Crippen LogP contribution < -0.4 is 10.1 Å². The zero-order valence-electron chi connectivity index (χ0n) is 7.92. The number of benzene rings is 1. The SMILES string of the molecule is C=CNCc1ccc(OCC)cc1. The molecule has 1 aromatic carbocycles. The van der Waals surface area contributed by atoms with E-state index < -0.39 is 0 Å². The van der Waals surface area contributed by atoms with Crippen molar-refractivity contribution in [2.45, 2.75) is 13.5 Å². The van der Waals surface area contributed by atoms with Gasteiger partial charge in [0.05, 0.1) is 6.61 Å². The van der Waals surface area contributed by atoms with Crippen LogP contribution in [0.2, 0.25) is 0 Å². The molecular weight excluding hydrogens is 162 g/mol. The molecule has 2 nitrogen and oxygen atoms in total. The van der Waals surface area contributed by atoms with E-state index in [0.29, 0.717) is 6.61 Å². The Morgan fingerprint density at radius 1 is 1.38 bits per heavy atom. The van der Waals surface area contributed by atoms with Gasteiger partial charge >= 0.3 is 0 Å². The van der Waals surface area contributed by atoms with E-state index in [2.05, 4.69) is 11.9 Å². The largest absolute Gasteiger partial charge is 0.494 e. The van der Waals surface area contributed by atoms with E-state index in [1.807, 2.05) is 31.2 Å². The van der Waals surface area contributed by atoms with Gasteiger partial charge in [0.15, 0.2) is 0 Å². The number of nitrogens with one attached hydrogen (secondary N) is 1. The van der Waals surface area contributed by atoms with Crippen molar-refractivity contribution in [1.29, 1.82) is 0 Å². The molecule has 1 rings (SSSR count). The van der Waals surface area contributed by atoms with E-state index in [9.17, 15) is 0 Å². The lowest BCUT2D eigenvalue weighted by Gasteiger charge is -2.04. The number of hydrogen-bond acceptors (Lipinski definition) is 2. The zero-order chi connectivity index (χ0) is 9.52. The molecule has 0 saturated carbocycles. The number of ether oxygens (including phenoxy) is 1. The van der Waals surface area contributed by atoms with Crippen LogP contribution in [0, 0.1) is 0 Å². The van der Waals surface area contributed by atoms with Gasteiger partial charge in [0, 0.05) is 6.54 Å². The number of hydrogen-bond donors (Lipinski definition) is 1. The monoisotopic (exact) mass is 177 g/mol. The molecule has 0 spiro atoms. The van der Waals surface area contributed by atoms with E-state index in [1.54, 1.807) is 6.20 Å². The average Bonchev–Trinajstić information content (AvgIpc) is 2.17. The Bertz CT molecular complexity index is 253. The molecular formula is C11H15NO. The third kappa shape index (κ3) is 3.20. The fourth-order valence-electron chi connectivity index (χ4n) is 1.06. The predicted octanol–water partition coefficient (Wildman–Crippen LogP) is 2.32. The van der Waals surface area contributed by atoms with Crippen molar-refractivity contribution in [2.75, 3.05) is 6.61 Å². The van der Waals surface area contributed by atoms with E-state index >= 15 is 0 Å². The van der Waals surface area contributed by atoms with Crippen LogP contribution in [0.15, 0.2) is 37.0 Å². The van der Waals surface area contributed by atoms with Crippen LogP contribution in [-0.4, -0.2) is 6.61 Å². The van der Waals surface area contributed by atoms with Crippen LogP contribution in [0.1, 0.15) is 12.5 Å². The maximum atomic E-state index is 5.32. The maximum Gasteiger partial charge on any atom is 0.119 e. The van der Waals surface area contributed by atoms with Gasteiger partial charge in [-0.25, -0.2) is 0 Å². The van der Waals surface area contributed by atoms with Gasteiger partial charge in [0.1, 0.15) is 5.75 Å². The summed E-state index contributed by atoms with van der Waals surface area (Å²) in [7, 11) is 0. The van der Waals surface area contributed by atoms with Crippen LogP contribution in [0.3, 0.4) is 0 Å². The molecule has 1 aromatic rings.